The van der Waals surface area contributed by atoms with Crippen LogP contribution >= 0.6 is 15.9 Å². The van der Waals surface area contributed by atoms with Crippen LogP contribution in [0.3, 0.4) is 0 Å². The number of nitrogens with zero attached hydrogens (tertiary/aromatic N) is 2. The molecule has 1 aromatic rings. The van der Waals surface area contributed by atoms with E-state index < -0.39 is 0 Å². The van der Waals surface area contributed by atoms with E-state index in [1.165, 1.54) is 5.69 Å². The smallest absolute Gasteiger partial charge is 0.0786 e. The standard InChI is InChI=1S/C13H22BrN3O/c1-3-7-15-12(11-6-5-8-18-11)13-10(14)9-16-17(13)4-2/h9,11-12,15H,3-8H2,1-2H3. The van der Waals surface area contributed by atoms with Gasteiger partial charge in [-0.05, 0) is 48.7 Å². The van der Waals surface area contributed by atoms with Crippen molar-refractivity contribution in [3.63, 3.8) is 0 Å². The predicted octanol–water partition coefficient (Wildman–Crippen LogP) is 2.89. The molecule has 1 saturated heterocycles. The maximum absolute atomic E-state index is 5.87. The number of nitrogens with one attached hydrogen (secondary N) is 1. The highest BCUT2D eigenvalue weighted by atomic mass is 79.9. The minimum atomic E-state index is 0.240. The number of rotatable bonds is 6. The normalized spacial score (nSPS) is 21.4. The van der Waals surface area contributed by atoms with Crippen LogP contribution in [0, 0.1) is 0 Å². The van der Waals surface area contributed by atoms with E-state index in [2.05, 4.69) is 44.9 Å². The van der Waals surface area contributed by atoms with E-state index in [9.17, 15) is 0 Å². The van der Waals surface area contributed by atoms with Crippen LogP contribution in [0.15, 0.2) is 10.7 Å². The monoisotopic (exact) mass is 315 g/mol. The molecule has 0 bridgehead atoms. The Labute approximate surface area is 117 Å². The first-order valence-corrected chi connectivity index (χ1v) is 7.63. The first kappa shape index (κ1) is 14.0. The van der Waals surface area contributed by atoms with E-state index >= 15 is 0 Å². The summed E-state index contributed by atoms with van der Waals surface area (Å²) in [5.74, 6) is 0. The topological polar surface area (TPSA) is 39.1 Å². The average molecular weight is 316 g/mol. The third-order valence-electron chi connectivity index (χ3n) is 3.38. The number of hydrogen-bond acceptors (Lipinski definition) is 3. The van der Waals surface area contributed by atoms with E-state index in [1.807, 2.05) is 6.20 Å². The number of aromatic nitrogens is 2. The molecule has 1 aliphatic rings. The molecule has 0 spiro atoms. The van der Waals surface area contributed by atoms with Crippen molar-refractivity contribution in [3.8, 4) is 0 Å². The number of ether oxygens (including phenoxy) is 1. The highest BCUT2D eigenvalue weighted by molar-refractivity contribution is 9.10. The van der Waals surface area contributed by atoms with Gasteiger partial charge >= 0.3 is 0 Å². The van der Waals surface area contributed by atoms with Crippen molar-refractivity contribution in [2.24, 2.45) is 0 Å². The maximum atomic E-state index is 5.87. The third kappa shape index (κ3) is 2.95. The first-order valence-electron chi connectivity index (χ1n) is 6.84. The summed E-state index contributed by atoms with van der Waals surface area (Å²) in [5, 5.41) is 8.02. The summed E-state index contributed by atoms with van der Waals surface area (Å²) in [6.45, 7) is 7.08. The van der Waals surface area contributed by atoms with Gasteiger partial charge in [0.2, 0.25) is 0 Å². The minimum Gasteiger partial charge on any atom is -0.376 e. The second-order valence-electron chi connectivity index (χ2n) is 4.68. The second kappa shape index (κ2) is 6.68. The zero-order valence-electron chi connectivity index (χ0n) is 11.2. The van der Waals surface area contributed by atoms with Gasteiger partial charge in [0, 0.05) is 13.2 Å². The van der Waals surface area contributed by atoms with Gasteiger partial charge in [-0.2, -0.15) is 5.10 Å². The summed E-state index contributed by atoms with van der Waals surface area (Å²) < 4.78 is 9.00. The van der Waals surface area contributed by atoms with Gasteiger partial charge in [-0.15, -0.1) is 0 Å². The lowest BCUT2D eigenvalue weighted by atomic mass is 10.0. The molecule has 1 aliphatic heterocycles. The largest absolute Gasteiger partial charge is 0.376 e. The summed E-state index contributed by atoms with van der Waals surface area (Å²) in [7, 11) is 0. The summed E-state index contributed by atoms with van der Waals surface area (Å²) in [4.78, 5) is 0. The maximum Gasteiger partial charge on any atom is 0.0786 e. The van der Waals surface area contributed by atoms with Gasteiger partial charge in [-0.3, -0.25) is 4.68 Å². The van der Waals surface area contributed by atoms with E-state index in [1.54, 1.807) is 0 Å². The van der Waals surface area contributed by atoms with Crippen LogP contribution < -0.4 is 5.32 Å². The fourth-order valence-electron chi connectivity index (χ4n) is 2.50. The van der Waals surface area contributed by atoms with Gasteiger partial charge in [0.05, 0.1) is 28.5 Å². The van der Waals surface area contributed by atoms with Crippen LogP contribution in [0.4, 0.5) is 0 Å². The Morgan fingerprint density at radius 1 is 1.61 bits per heavy atom. The summed E-state index contributed by atoms with van der Waals surface area (Å²) in [6.07, 6.45) is 5.57. The Morgan fingerprint density at radius 2 is 2.44 bits per heavy atom. The van der Waals surface area contributed by atoms with Gasteiger partial charge in [-0.25, -0.2) is 0 Å². The lowest BCUT2D eigenvalue weighted by Crippen LogP contribution is -2.34. The predicted molar refractivity (Wildman–Crippen MR) is 75.6 cm³/mol. The highest BCUT2D eigenvalue weighted by Crippen LogP contribution is 2.31. The molecule has 5 heteroatoms. The molecule has 0 aromatic carbocycles. The SMILES string of the molecule is CCCNC(c1c(Br)cnn1CC)C1CCCO1. The van der Waals surface area contributed by atoms with Crippen molar-refractivity contribution in [1.29, 1.82) is 0 Å². The molecule has 18 heavy (non-hydrogen) atoms. The number of aryl methyl sites for hydroxylation is 1. The van der Waals surface area contributed by atoms with Gasteiger partial charge in [-0.1, -0.05) is 6.92 Å². The van der Waals surface area contributed by atoms with Crippen LogP contribution in [-0.2, 0) is 11.3 Å². The van der Waals surface area contributed by atoms with Crippen LogP contribution in [0.5, 0.6) is 0 Å². The molecule has 0 aliphatic carbocycles. The molecule has 2 rings (SSSR count). The molecule has 0 amide bonds. The Hall–Kier alpha value is -0.390. The van der Waals surface area contributed by atoms with Crippen molar-refractivity contribution < 1.29 is 4.74 Å². The molecular weight excluding hydrogens is 294 g/mol. The van der Waals surface area contributed by atoms with Crippen molar-refractivity contribution >= 4 is 15.9 Å². The zero-order valence-corrected chi connectivity index (χ0v) is 12.7. The third-order valence-corrected chi connectivity index (χ3v) is 3.99. The molecule has 0 radical (unpaired) electrons. The summed E-state index contributed by atoms with van der Waals surface area (Å²) in [6, 6.07) is 0.240. The average Bonchev–Trinajstić information content (AvgIpc) is 3.01. The van der Waals surface area contributed by atoms with E-state index in [4.69, 9.17) is 4.74 Å². The molecule has 1 N–H and O–H groups in total. The Balaban J connectivity index is 2.23. The van der Waals surface area contributed by atoms with Crippen LogP contribution in [-0.4, -0.2) is 29.0 Å². The fourth-order valence-corrected chi connectivity index (χ4v) is 3.05. The lowest BCUT2D eigenvalue weighted by Gasteiger charge is -2.25. The van der Waals surface area contributed by atoms with Gasteiger partial charge in [0.15, 0.2) is 0 Å². The van der Waals surface area contributed by atoms with Crippen LogP contribution in [0.25, 0.3) is 0 Å². The molecular formula is C13H22BrN3O. The molecule has 2 heterocycles. The molecule has 1 aromatic heterocycles. The van der Waals surface area contributed by atoms with Gasteiger partial charge < -0.3 is 10.1 Å². The Kier molecular flexibility index (Phi) is 5.21. The molecule has 0 saturated carbocycles. The summed E-state index contributed by atoms with van der Waals surface area (Å²) >= 11 is 3.62. The van der Waals surface area contributed by atoms with Gasteiger partial charge in [0.25, 0.3) is 0 Å². The molecule has 2 atom stereocenters. The van der Waals surface area contributed by atoms with Gasteiger partial charge in [0.1, 0.15) is 0 Å². The minimum absolute atomic E-state index is 0.240. The second-order valence-corrected chi connectivity index (χ2v) is 5.53. The van der Waals surface area contributed by atoms with Crippen molar-refractivity contribution in [1.82, 2.24) is 15.1 Å². The number of hydrogen-bond donors (Lipinski definition) is 1. The van der Waals surface area contributed by atoms with Crippen molar-refractivity contribution in [3.05, 3.63) is 16.4 Å². The first-order chi connectivity index (χ1) is 8.77. The lowest BCUT2D eigenvalue weighted by molar-refractivity contribution is 0.0753. The quantitative estimate of drug-likeness (QED) is 0.877. The zero-order chi connectivity index (χ0) is 13.0. The van der Waals surface area contributed by atoms with E-state index in [0.29, 0.717) is 0 Å². The summed E-state index contributed by atoms with van der Waals surface area (Å²) in [5.41, 5.74) is 1.22. The van der Waals surface area contributed by atoms with Crippen molar-refractivity contribution in [2.45, 2.75) is 51.8 Å². The van der Waals surface area contributed by atoms with E-state index in [-0.39, 0.29) is 12.1 Å². The van der Waals surface area contributed by atoms with E-state index in [0.717, 1.165) is 43.4 Å². The molecule has 1 fully saturated rings. The van der Waals surface area contributed by atoms with Crippen LogP contribution in [0.1, 0.15) is 44.8 Å². The Bertz CT molecular complexity index is 374. The number of halogens is 1. The van der Waals surface area contributed by atoms with Crippen LogP contribution in [0.2, 0.25) is 0 Å². The Morgan fingerprint density at radius 3 is 3.06 bits per heavy atom. The molecule has 102 valence electrons. The highest BCUT2D eigenvalue weighted by Gasteiger charge is 2.30. The fraction of sp³-hybridized carbons (Fsp3) is 0.769. The van der Waals surface area contributed by atoms with Crippen molar-refractivity contribution in [2.75, 3.05) is 13.2 Å². The molecule has 2 unspecified atom stereocenters. The molecule has 4 nitrogen and oxygen atoms in total.